The van der Waals surface area contributed by atoms with Gasteiger partial charge in [-0.05, 0) is 47.7 Å². The predicted molar refractivity (Wildman–Crippen MR) is 162 cm³/mol. The number of methoxy groups -OCH3 is 1. The van der Waals surface area contributed by atoms with Crippen LogP contribution in [-0.2, 0) is 22.5 Å². The highest BCUT2D eigenvalue weighted by Gasteiger charge is 2.28. The number of anilines is 4. The molecule has 1 aliphatic rings. The van der Waals surface area contributed by atoms with E-state index in [0.717, 1.165) is 34.7 Å². The fraction of sp³-hybridized carbons (Fsp3) is 0.429. The van der Waals surface area contributed by atoms with Crippen LogP contribution in [0.4, 0.5) is 23.0 Å². The number of rotatable bonds is 8. The molecule has 0 bridgehead atoms. The molecule has 0 radical (unpaired) electrons. The zero-order chi connectivity index (χ0) is 30.3. The lowest BCUT2D eigenvalue weighted by Crippen LogP contribution is -2.21. The van der Waals surface area contributed by atoms with Gasteiger partial charge in [-0.25, -0.2) is 18.4 Å². The normalized spacial score (nSPS) is 15.2. The van der Waals surface area contributed by atoms with Crippen molar-refractivity contribution >= 4 is 38.9 Å². The largest absolute Gasteiger partial charge is 0.492 e. The first kappa shape index (κ1) is 29.8. The fourth-order valence-corrected chi connectivity index (χ4v) is 5.22. The van der Waals surface area contributed by atoms with Gasteiger partial charge in [0.15, 0.2) is 5.75 Å². The van der Waals surface area contributed by atoms with Crippen molar-refractivity contribution in [2.75, 3.05) is 54.0 Å². The summed E-state index contributed by atoms with van der Waals surface area (Å²) in [6, 6.07) is 8.69. The molecule has 0 saturated carbocycles. The van der Waals surface area contributed by atoms with E-state index in [1.165, 1.54) is 7.11 Å². The molecule has 12 nitrogen and oxygen atoms in total. The van der Waals surface area contributed by atoms with Gasteiger partial charge in [0.1, 0.15) is 6.04 Å². The van der Waals surface area contributed by atoms with Crippen LogP contribution in [0, 0.1) is 6.92 Å². The molecule has 0 spiro atoms. The molecule has 0 aliphatic carbocycles. The summed E-state index contributed by atoms with van der Waals surface area (Å²) in [5.41, 5.74) is 4.14. The number of imidazole rings is 1. The molecule has 41 heavy (non-hydrogen) atoms. The van der Waals surface area contributed by atoms with Gasteiger partial charge in [0.05, 0.1) is 48.9 Å². The van der Waals surface area contributed by atoms with Crippen molar-refractivity contribution < 1.29 is 17.9 Å². The molecule has 1 amide bonds. The number of nitrogens with one attached hydrogen (secondary N) is 2. The van der Waals surface area contributed by atoms with Gasteiger partial charge in [-0.1, -0.05) is 32.1 Å². The monoisotopic (exact) mass is 582 g/mol. The van der Waals surface area contributed by atoms with Crippen molar-refractivity contribution in [2.24, 2.45) is 17.4 Å². The highest BCUT2D eigenvalue weighted by atomic mass is 32.2. The molecule has 1 atom stereocenters. The SMILES string of the molecule is COc1c(NC(=O)c2ccc(C)c(N3CC(c4cnc(N(C)C)n4C)N=N3)c2)cc(C(C)(C)C)cc1NS(C)(=O)=O. The zero-order valence-electron chi connectivity index (χ0n) is 25.0. The van der Waals surface area contributed by atoms with Crippen LogP contribution >= 0.6 is 0 Å². The van der Waals surface area contributed by atoms with Crippen LogP contribution in [0.2, 0.25) is 0 Å². The number of carbonyl (C=O) groups excluding carboxylic acids is 1. The molecule has 4 rings (SSSR count). The summed E-state index contributed by atoms with van der Waals surface area (Å²) in [5.74, 6) is 0.661. The first-order valence-electron chi connectivity index (χ1n) is 13.1. The Balaban J connectivity index is 1.62. The smallest absolute Gasteiger partial charge is 0.255 e. The van der Waals surface area contributed by atoms with Crippen LogP contribution in [0.15, 0.2) is 46.9 Å². The molecule has 13 heteroatoms. The molecule has 0 saturated heterocycles. The van der Waals surface area contributed by atoms with Gasteiger partial charge >= 0.3 is 0 Å². The van der Waals surface area contributed by atoms with Crippen molar-refractivity contribution in [3.05, 3.63) is 58.9 Å². The molecule has 3 aromatic rings. The molecule has 2 N–H and O–H groups in total. The maximum absolute atomic E-state index is 13.5. The maximum Gasteiger partial charge on any atom is 0.255 e. The van der Waals surface area contributed by atoms with Crippen LogP contribution in [0.1, 0.15) is 54.0 Å². The molecule has 220 valence electrons. The van der Waals surface area contributed by atoms with Gasteiger partial charge < -0.3 is 19.5 Å². The van der Waals surface area contributed by atoms with E-state index in [0.29, 0.717) is 17.8 Å². The molecular weight excluding hydrogens is 544 g/mol. The minimum absolute atomic E-state index is 0.205. The molecular formula is C28H38N8O4S. The number of aryl methyl sites for hydroxylation is 1. The van der Waals surface area contributed by atoms with E-state index < -0.39 is 10.0 Å². The van der Waals surface area contributed by atoms with E-state index in [-0.39, 0.29) is 28.8 Å². The third-order valence-electron chi connectivity index (χ3n) is 6.84. The average molecular weight is 583 g/mol. The maximum atomic E-state index is 13.5. The van der Waals surface area contributed by atoms with Gasteiger partial charge in [-0.3, -0.25) is 9.52 Å². The number of aromatic nitrogens is 2. The Labute approximate surface area is 241 Å². The van der Waals surface area contributed by atoms with Gasteiger partial charge in [0, 0.05) is 26.7 Å². The standard InChI is InChI=1S/C28H38N8O4S/c1-17-10-11-18(12-23(17)36-16-22(31-33-36)24-15-29-27(34(5)6)35(24)7)26(37)30-20-13-19(28(2,3)4)14-21(25(20)40-8)32-41(9,38)39/h10-15,22,32H,16H2,1-9H3,(H,30,37). The molecule has 1 aliphatic heterocycles. The first-order chi connectivity index (χ1) is 19.1. The number of nitrogens with zero attached hydrogens (tertiary/aromatic N) is 6. The Hall–Kier alpha value is -4.13. The number of hydrogen-bond acceptors (Lipinski definition) is 9. The minimum Gasteiger partial charge on any atom is -0.492 e. The predicted octanol–water partition coefficient (Wildman–Crippen LogP) is 4.65. The number of benzene rings is 2. The number of carbonyl (C=O) groups is 1. The third kappa shape index (κ3) is 6.45. The quantitative estimate of drug-likeness (QED) is 0.395. The van der Waals surface area contributed by atoms with Crippen LogP contribution in [-0.4, -0.2) is 57.9 Å². The van der Waals surface area contributed by atoms with Gasteiger partial charge in [-0.15, -0.1) is 0 Å². The highest BCUT2D eigenvalue weighted by Crippen LogP contribution is 2.39. The Kier molecular flexibility index (Phi) is 8.03. The number of hydrogen-bond donors (Lipinski definition) is 2. The number of amides is 1. The molecule has 2 heterocycles. The second-order valence-electron chi connectivity index (χ2n) is 11.4. The first-order valence-corrected chi connectivity index (χ1v) is 15.0. The fourth-order valence-electron chi connectivity index (χ4n) is 4.67. The molecule has 1 aromatic heterocycles. The molecule has 1 unspecified atom stereocenters. The Morgan fingerprint density at radius 3 is 2.41 bits per heavy atom. The summed E-state index contributed by atoms with van der Waals surface area (Å²) in [6.45, 7) is 8.46. The lowest BCUT2D eigenvalue weighted by molar-refractivity contribution is 0.102. The second kappa shape index (κ2) is 11.0. The molecule has 2 aromatic carbocycles. The van der Waals surface area contributed by atoms with Crippen molar-refractivity contribution in [3.63, 3.8) is 0 Å². The summed E-state index contributed by atoms with van der Waals surface area (Å²) >= 11 is 0. The van der Waals surface area contributed by atoms with E-state index in [4.69, 9.17) is 4.74 Å². The summed E-state index contributed by atoms with van der Waals surface area (Å²) in [5, 5.41) is 13.6. The van der Waals surface area contributed by atoms with Crippen molar-refractivity contribution in [1.82, 2.24) is 9.55 Å². The van der Waals surface area contributed by atoms with Crippen LogP contribution in [0.3, 0.4) is 0 Å². The topological polar surface area (TPSA) is 134 Å². The highest BCUT2D eigenvalue weighted by molar-refractivity contribution is 7.92. The van der Waals surface area contributed by atoms with Crippen molar-refractivity contribution in [2.45, 2.75) is 39.2 Å². The lowest BCUT2D eigenvalue weighted by Gasteiger charge is -2.24. The number of ether oxygens (including phenoxy) is 1. The summed E-state index contributed by atoms with van der Waals surface area (Å²) in [7, 11) is 3.66. The van der Waals surface area contributed by atoms with Crippen LogP contribution < -0.4 is 24.7 Å². The van der Waals surface area contributed by atoms with Crippen LogP contribution in [0.25, 0.3) is 0 Å². The van der Waals surface area contributed by atoms with E-state index in [1.807, 2.05) is 70.6 Å². The average Bonchev–Trinajstić information content (AvgIpc) is 3.49. The van der Waals surface area contributed by atoms with Crippen molar-refractivity contribution in [1.29, 1.82) is 0 Å². The summed E-state index contributed by atoms with van der Waals surface area (Å²) in [6.07, 6.45) is 2.88. The zero-order valence-corrected chi connectivity index (χ0v) is 25.8. The molecule has 0 fully saturated rings. The van der Waals surface area contributed by atoms with E-state index >= 15 is 0 Å². The van der Waals surface area contributed by atoms with Crippen molar-refractivity contribution in [3.8, 4) is 5.75 Å². The summed E-state index contributed by atoms with van der Waals surface area (Å²) in [4.78, 5) is 19.9. The number of sulfonamides is 1. The van der Waals surface area contributed by atoms with E-state index in [9.17, 15) is 13.2 Å². The minimum atomic E-state index is -3.60. The van der Waals surface area contributed by atoms with E-state index in [2.05, 4.69) is 25.4 Å². The van der Waals surface area contributed by atoms with Gasteiger partial charge in [-0.2, -0.15) is 5.11 Å². The second-order valence-corrected chi connectivity index (χ2v) is 13.2. The van der Waals surface area contributed by atoms with Gasteiger partial charge in [0.25, 0.3) is 5.91 Å². The Morgan fingerprint density at radius 2 is 1.83 bits per heavy atom. The third-order valence-corrected chi connectivity index (χ3v) is 7.43. The van der Waals surface area contributed by atoms with E-state index in [1.54, 1.807) is 29.3 Å². The Bertz CT molecular complexity index is 1610. The Morgan fingerprint density at radius 1 is 1.15 bits per heavy atom. The van der Waals surface area contributed by atoms with Crippen LogP contribution in [0.5, 0.6) is 5.75 Å². The lowest BCUT2D eigenvalue weighted by atomic mass is 9.86. The summed E-state index contributed by atoms with van der Waals surface area (Å²) < 4.78 is 34.2. The van der Waals surface area contributed by atoms with Gasteiger partial charge in [0.2, 0.25) is 16.0 Å².